The van der Waals surface area contributed by atoms with Gasteiger partial charge in [0.1, 0.15) is 0 Å². The molecule has 2 aromatic heterocycles. The Balaban J connectivity index is 2.66. The van der Waals surface area contributed by atoms with E-state index in [4.69, 9.17) is 5.11 Å². The van der Waals surface area contributed by atoms with E-state index in [0.717, 1.165) is 12.0 Å². The Morgan fingerprint density at radius 2 is 2.33 bits per heavy atom. The highest BCUT2D eigenvalue weighted by molar-refractivity contribution is 5.33. The summed E-state index contributed by atoms with van der Waals surface area (Å²) in [4.78, 5) is 7.86. The van der Waals surface area contributed by atoms with E-state index in [9.17, 15) is 0 Å². The van der Waals surface area contributed by atoms with E-state index in [-0.39, 0.29) is 5.88 Å². The highest BCUT2D eigenvalue weighted by atomic mass is 16.3. The molecule has 0 amide bonds. The minimum atomic E-state index is 0.00996. The van der Waals surface area contributed by atoms with Gasteiger partial charge >= 0.3 is 0 Å². The molecule has 0 aromatic carbocycles. The third-order valence-corrected chi connectivity index (χ3v) is 1.76. The van der Waals surface area contributed by atoms with Gasteiger partial charge in [0, 0.05) is 12.4 Å². The maximum Gasteiger partial charge on any atom is 0.237 e. The van der Waals surface area contributed by atoms with Gasteiger partial charge in [-0.1, -0.05) is 6.92 Å². The van der Waals surface area contributed by atoms with Crippen molar-refractivity contribution in [2.24, 2.45) is 0 Å². The van der Waals surface area contributed by atoms with Gasteiger partial charge in [-0.25, -0.2) is 4.98 Å². The number of hydrogen-bond donors (Lipinski definition) is 1. The Kier molecular flexibility index (Phi) is 1.46. The molecule has 0 unspecified atom stereocenters. The third kappa shape index (κ3) is 1.01. The second-order valence-corrected chi connectivity index (χ2v) is 2.62. The van der Waals surface area contributed by atoms with Crippen molar-refractivity contribution in [2.75, 3.05) is 0 Å². The SMILES string of the molecule is CCc1cnc2nc(O)cn2c1. The van der Waals surface area contributed by atoms with E-state index in [2.05, 4.69) is 16.9 Å². The molecule has 2 heterocycles. The summed E-state index contributed by atoms with van der Waals surface area (Å²) in [5, 5.41) is 9.05. The lowest BCUT2D eigenvalue weighted by Gasteiger charge is -1.95. The number of aromatic hydroxyl groups is 1. The van der Waals surface area contributed by atoms with E-state index in [1.54, 1.807) is 16.8 Å². The number of hydrogen-bond acceptors (Lipinski definition) is 3. The minimum absolute atomic E-state index is 0.00996. The van der Waals surface area contributed by atoms with Gasteiger partial charge in [-0.05, 0) is 12.0 Å². The van der Waals surface area contributed by atoms with Crippen molar-refractivity contribution in [1.82, 2.24) is 14.4 Å². The molecular weight excluding hydrogens is 154 g/mol. The molecule has 0 fully saturated rings. The highest BCUT2D eigenvalue weighted by Gasteiger charge is 1.99. The molecule has 62 valence electrons. The van der Waals surface area contributed by atoms with Crippen molar-refractivity contribution in [3.05, 3.63) is 24.2 Å². The van der Waals surface area contributed by atoms with Gasteiger partial charge in [-0.3, -0.25) is 4.40 Å². The number of fused-ring (bicyclic) bond motifs is 1. The molecule has 0 spiro atoms. The van der Waals surface area contributed by atoms with Crippen LogP contribution in [0.15, 0.2) is 18.6 Å². The van der Waals surface area contributed by atoms with Crippen molar-refractivity contribution in [2.45, 2.75) is 13.3 Å². The van der Waals surface area contributed by atoms with Crippen LogP contribution in [0.5, 0.6) is 5.88 Å². The molecule has 0 aliphatic rings. The van der Waals surface area contributed by atoms with Crippen LogP contribution in [-0.2, 0) is 6.42 Å². The van der Waals surface area contributed by atoms with Crippen LogP contribution in [0.2, 0.25) is 0 Å². The van der Waals surface area contributed by atoms with Crippen LogP contribution in [0, 0.1) is 0 Å². The average molecular weight is 163 g/mol. The average Bonchev–Trinajstić information content (AvgIpc) is 2.43. The fourth-order valence-electron chi connectivity index (χ4n) is 1.10. The lowest BCUT2D eigenvalue weighted by Crippen LogP contribution is -1.90. The van der Waals surface area contributed by atoms with E-state index >= 15 is 0 Å². The quantitative estimate of drug-likeness (QED) is 0.682. The van der Waals surface area contributed by atoms with Crippen molar-refractivity contribution in [3.63, 3.8) is 0 Å². The van der Waals surface area contributed by atoms with Gasteiger partial charge in [0.2, 0.25) is 11.7 Å². The molecule has 4 heteroatoms. The summed E-state index contributed by atoms with van der Waals surface area (Å²) >= 11 is 0. The van der Waals surface area contributed by atoms with Gasteiger partial charge < -0.3 is 5.11 Å². The molecule has 4 nitrogen and oxygen atoms in total. The van der Waals surface area contributed by atoms with E-state index in [0.29, 0.717) is 5.78 Å². The van der Waals surface area contributed by atoms with Crippen molar-refractivity contribution in [1.29, 1.82) is 0 Å². The first kappa shape index (κ1) is 7.09. The van der Waals surface area contributed by atoms with E-state index in [1.165, 1.54) is 0 Å². The molecule has 0 atom stereocenters. The normalized spacial score (nSPS) is 10.8. The molecule has 0 aliphatic carbocycles. The fraction of sp³-hybridized carbons (Fsp3) is 0.250. The molecule has 0 radical (unpaired) electrons. The monoisotopic (exact) mass is 163 g/mol. The molecule has 0 saturated carbocycles. The number of imidazole rings is 1. The first-order valence-corrected chi connectivity index (χ1v) is 3.82. The maximum absolute atomic E-state index is 9.05. The number of rotatable bonds is 1. The zero-order valence-corrected chi connectivity index (χ0v) is 6.73. The summed E-state index contributed by atoms with van der Waals surface area (Å²) in [5.74, 6) is 0.542. The lowest BCUT2D eigenvalue weighted by atomic mass is 10.3. The molecule has 2 aromatic rings. The summed E-state index contributed by atoms with van der Waals surface area (Å²) in [5.41, 5.74) is 1.12. The van der Waals surface area contributed by atoms with Gasteiger partial charge in [0.15, 0.2) is 0 Å². The molecular formula is C8H9N3O. The van der Waals surface area contributed by atoms with Crippen LogP contribution in [0.25, 0.3) is 5.78 Å². The minimum Gasteiger partial charge on any atom is -0.492 e. The Morgan fingerprint density at radius 3 is 3.08 bits per heavy atom. The Bertz CT molecular complexity index is 408. The summed E-state index contributed by atoms with van der Waals surface area (Å²) in [6.07, 6.45) is 6.15. The first-order chi connectivity index (χ1) is 5.79. The zero-order chi connectivity index (χ0) is 8.55. The summed E-state index contributed by atoms with van der Waals surface area (Å²) in [6.45, 7) is 2.06. The second kappa shape index (κ2) is 2.48. The Hall–Kier alpha value is -1.58. The van der Waals surface area contributed by atoms with Gasteiger partial charge in [-0.15, -0.1) is 0 Å². The molecule has 0 bridgehead atoms. The third-order valence-electron chi connectivity index (χ3n) is 1.76. The van der Waals surface area contributed by atoms with Gasteiger partial charge in [0.05, 0.1) is 6.20 Å². The Morgan fingerprint density at radius 1 is 1.50 bits per heavy atom. The standard InChI is InChI=1S/C8H9N3O/c1-2-6-3-9-8-10-7(12)5-11(8)4-6/h3-5,12H,2H2,1H3. The highest BCUT2D eigenvalue weighted by Crippen LogP contribution is 2.08. The van der Waals surface area contributed by atoms with Gasteiger partial charge in [-0.2, -0.15) is 4.98 Å². The summed E-state index contributed by atoms with van der Waals surface area (Å²) < 4.78 is 1.72. The predicted molar refractivity (Wildman–Crippen MR) is 44.0 cm³/mol. The van der Waals surface area contributed by atoms with Crippen LogP contribution < -0.4 is 0 Å². The molecule has 1 N–H and O–H groups in total. The summed E-state index contributed by atoms with van der Waals surface area (Å²) in [7, 11) is 0. The van der Waals surface area contributed by atoms with Crippen LogP contribution in [0.4, 0.5) is 0 Å². The van der Waals surface area contributed by atoms with Crippen LogP contribution in [-0.4, -0.2) is 19.5 Å². The second-order valence-electron chi connectivity index (χ2n) is 2.62. The lowest BCUT2D eigenvalue weighted by molar-refractivity contribution is 0.457. The predicted octanol–water partition coefficient (Wildman–Crippen LogP) is 0.997. The smallest absolute Gasteiger partial charge is 0.237 e. The molecule has 0 aliphatic heterocycles. The van der Waals surface area contributed by atoms with Crippen LogP contribution >= 0.6 is 0 Å². The van der Waals surface area contributed by atoms with E-state index < -0.39 is 0 Å². The number of nitrogens with zero attached hydrogens (tertiary/aromatic N) is 3. The van der Waals surface area contributed by atoms with Crippen molar-refractivity contribution in [3.8, 4) is 5.88 Å². The molecule has 0 saturated heterocycles. The summed E-state index contributed by atoms with van der Waals surface area (Å²) in [6, 6.07) is 0. The molecule has 2 rings (SSSR count). The van der Waals surface area contributed by atoms with Crippen LogP contribution in [0.1, 0.15) is 12.5 Å². The van der Waals surface area contributed by atoms with Crippen molar-refractivity contribution >= 4 is 5.78 Å². The number of aromatic nitrogens is 3. The number of aryl methyl sites for hydroxylation is 1. The zero-order valence-electron chi connectivity index (χ0n) is 6.73. The van der Waals surface area contributed by atoms with Crippen molar-refractivity contribution < 1.29 is 5.11 Å². The fourth-order valence-corrected chi connectivity index (χ4v) is 1.10. The topological polar surface area (TPSA) is 50.4 Å². The molecule has 12 heavy (non-hydrogen) atoms. The Labute approximate surface area is 69.5 Å². The van der Waals surface area contributed by atoms with Gasteiger partial charge in [0.25, 0.3) is 0 Å². The first-order valence-electron chi connectivity index (χ1n) is 3.82. The van der Waals surface area contributed by atoms with Crippen LogP contribution in [0.3, 0.4) is 0 Å². The van der Waals surface area contributed by atoms with E-state index in [1.807, 2.05) is 6.20 Å². The maximum atomic E-state index is 9.05. The largest absolute Gasteiger partial charge is 0.492 e.